The first kappa shape index (κ1) is 20.7. The van der Waals surface area contributed by atoms with Crippen molar-refractivity contribution in [3.63, 3.8) is 0 Å². The number of methoxy groups -OCH3 is 1. The third-order valence-electron chi connectivity index (χ3n) is 4.05. The van der Waals surface area contributed by atoms with Crippen LogP contribution in [0.25, 0.3) is 0 Å². The van der Waals surface area contributed by atoms with Crippen LogP contribution in [0.2, 0.25) is 0 Å². The number of β-lactam (4-membered cyclic amide) rings is 1. The molecule has 0 bridgehead atoms. The van der Waals surface area contributed by atoms with Crippen molar-refractivity contribution in [2.45, 2.75) is 46.8 Å². The van der Waals surface area contributed by atoms with Crippen LogP contribution in [0.15, 0.2) is 0 Å². The van der Waals surface area contributed by atoms with Crippen LogP contribution in [0.4, 0.5) is 4.79 Å². The first-order chi connectivity index (χ1) is 11.4. The van der Waals surface area contributed by atoms with Crippen molar-refractivity contribution in [2.24, 2.45) is 5.92 Å². The maximum atomic E-state index is 12.5. The third kappa shape index (κ3) is 4.23. The SMILES string of the molecule is COC(=O)C1N2C(=O)[C@H](C(C)OC(=O)OCC(Cl)(Cl)Cl)[C@H]2SC1(C)C. The number of fused-ring (bicyclic) bond motifs is 1. The molecule has 2 heterocycles. The number of carbonyl (C=O) groups excluding carboxylic acids is 3. The Hall–Kier alpha value is -0.570. The lowest BCUT2D eigenvalue weighted by atomic mass is 9.88. The van der Waals surface area contributed by atoms with Crippen LogP contribution in [0.1, 0.15) is 20.8 Å². The molecule has 0 aromatic heterocycles. The number of hydrogen-bond donors (Lipinski definition) is 0. The highest BCUT2D eigenvalue weighted by Gasteiger charge is 2.65. The summed E-state index contributed by atoms with van der Waals surface area (Å²) in [5.41, 5.74) is 0. The van der Waals surface area contributed by atoms with Gasteiger partial charge in [0.1, 0.15) is 24.7 Å². The van der Waals surface area contributed by atoms with Gasteiger partial charge in [-0.2, -0.15) is 0 Å². The molecular weight excluding hydrogens is 417 g/mol. The quantitative estimate of drug-likeness (QED) is 0.382. The van der Waals surface area contributed by atoms with Gasteiger partial charge in [-0.05, 0) is 20.8 Å². The number of ether oxygens (including phenoxy) is 3. The highest BCUT2D eigenvalue weighted by atomic mass is 35.6. The summed E-state index contributed by atoms with van der Waals surface area (Å²) in [6.45, 7) is 4.84. The van der Waals surface area contributed by atoms with Crippen molar-refractivity contribution in [3.05, 3.63) is 0 Å². The van der Waals surface area contributed by atoms with Gasteiger partial charge in [0, 0.05) is 4.75 Å². The van der Waals surface area contributed by atoms with Gasteiger partial charge in [0.25, 0.3) is 0 Å². The summed E-state index contributed by atoms with van der Waals surface area (Å²) in [5.74, 6) is -1.33. The van der Waals surface area contributed by atoms with E-state index >= 15 is 0 Å². The maximum Gasteiger partial charge on any atom is 0.508 e. The summed E-state index contributed by atoms with van der Waals surface area (Å²) in [6, 6.07) is -0.681. The Labute approximate surface area is 164 Å². The van der Waals surface area contributed by atoms with Crippen molar-refractivity contribution in [1.82, 2.24) is 4.90 Å². The second-order valence-electron chi connectivity index (χ2n) is 6.29. The van der Waals surface area contributed by atoms with Gasteiger partial charge in [-0.25, -0.2) is 9.59 Å². The van der Waals surface area contributed by atoms with Crippen molar-refractivity contribution < 1.29 is 28.6 Å². The molecule has 142 valence electrons. The number of halogens is 3. The predicted molar refractivity (Wildman–Crippen MR) is 93.8 cm³/mol. The molecule has 2 fully saturated rings. The molecule has 0 N–H and O–H groups in total. The number of carbonyl (C=O) groups is 3. The molecule has 2 aliphatic heterocycles. The molecule has 2 rings (SSSR count). The minimum absolute atomic E-state index is 0.278. The number of rotatable bonds is 4. The van der Waals surface area contributed by atoms with Crippen molar-refractivity contribution in [3.8, 4) is 0 Å². The minimum Gasteiger partial charge on any atom is -0.467 e. The van der Waals surface area contributed by atoms with E-state index in [1.165, 1.54) is 23.8 Å². The van der Waals surface area contributed by atoms with Gasteiger partial charge in [-0.1, -0.05) is 34.8 Å². The van der Waals surface area contributed by atoms with Gasteiger partial charge in [0.2, 0.25) is 9.70 Å². The number of nitrogens with zero attached hydrogens (tertiary/aromatic N) is 1. The molecule has 0 spiro atoms. The zero-order chi connectivity index (χ0) is 19.2. The number of amides is 1. The molecule has 7 nitrogen and oxygen atoms in total. The Morgan fingerprint density at radius 3 is 2.48 bits per heavy atom. The van der Waals surface area contributed by atoms with E-state index in [1.54, 1.807) is 6.92 Å². The van der Waals surface area contributed by atoms with Gasteiger partial charge >= 0.3 is 12.1 Å². The Balaban J connectivity index is 2.00. The van der Waals surface area contributed by atoms with E-state index in [2.05, 4.69) is 0 Å². The van der Waals surface area contributed by atoms with E-state index in [0.29, 0.717) is 0 Å². The third-order valence-corrected chi connectivity index (χ3v) is 5.97. The molecule has 1 amide bonds. The predicted octanol–water partition coefficient (Wildman–Crippen LogP) is 2.75. The van der Waals surface area contributed by atoms with Crippen molar-refractivity contribution in [1.29, 1.82) is 0 Å². The van der Waals surface area contributed by atoms with E-state index in [1.807, 2.05) is 13.8 Å². The van der Waals surface area contributed by atoms with Crippen LogP contribution in [-0.4, -0.2) is 62.7 Å². The van der Waals surface area contributed by atoms with E-state index < -0.39 is 45.3 Å². The lowest BCUT2D eigenvalue weighted by Gasteiger charge is -2.45. The van der Waals surface area contributed by atoms with E-state index in [0.717, 1.165) is 0 Å². The summed E-state index contributed by atoms with van der Waals surface area (Å²) in [5, 5.41) is -0.289. The molecule has 0 aromatic carbocycles. The molecule has 0 aliphatic carbocycles. The topological polar surface area (TPSA) is 82.1 Å². The summed E-state index contributed by atoms with van der Waals surface area (Å²) >= 11 is 17.9. The monoisotopic (exact) mass is 433 g/mol. The lowest BCUT2D eigenvalue weighted by Crippen LogP contribution is -2.65. The average molecular weight is 435 g/mol. The molecule has 0 aromatic rings. The minimum atomic E-state index is -1.75. The molecular formula is C14H18Cl3NO6S. The normalized spacial score (nSPS) is 28.7. The molecule has 2 aliphatic rings. The largest absolute Gasteiger partial charge is 0.508 e. The van der Waals surface area contributed by atoms with Gasteiger partial charge in [0.15, 0.2) is 0 Å². The summed E-state index contributed by atoms with van der Waals surface area (Å²) in [6.07, 6.45) is -1.78. The smallest absolute Gasteiger partial charge is 0.467 e. The standard InChI is InChI=1S/C14H18Cl3NO6S/c1-6(24-12(21)23-5-14(15,16)17)7-9(19)18-8(11(20)22-4)13(2,3)25-10(7)18/h6-8,10H,5H2,1-4H3/t6?,7-,8?,10+/m0/s1. The first-order valence-electron chi connectivity index (χ1n) is 7.37. The van der Waals surface area contributed by atoms with Crippen LogP contribution >= 0.6 is 46.6 Å². The molecule has 0 radical (unpaired) electrons. The van der Waals surface area contributed by atoms with Gasteiger partial charge in [0.05, 0.1) is 12.5 Å². The number of thioether (sulfide) groups is 1. The fourth-order valence-corrected chi connectivity index (χ4v) is 4.91. The molecule has 0 saturated carbocycles. The Morgan fingerprint density at radius 1 is 1.36 bits per heavy atom. The van der Waals surface area contributed by atoms with Crippen LogP contribution < -0.4 is 0 Å². The average Bonchev–Trinajstić information content (AvgIpc) is 2.71. The summed E-state index contributed by atoms with van der Waals surface area (Å²) in [7, 11) is 1.28. The Kier molecular flexibility index (Phi) is 5.98. The second kappa shape index (κ2) is 7.21. The summed E-state index contributed by atoms with van der Waals surface area (Å²) in [4.78, 5) is 37.7. The molecule has 2 unspecified atom stereocenters. The lowest BCUT2D eigenvalue weighted by molar-refractivity contribution is -0.170. The van der Waals surface area contributed by atoms with E-state index in [-0.39, 0.29) is 11.3 Å². The highest BCUT2D eigenvalue weighted by Crippen LogP contribution is 2.54. The molecule has 25 heavy (non-hydrogen) atoms. The first-order valence-corrected chi connectivity index (χ1v) is 9.38. The van der Waals surface area contributed by atoms with E-state index in [4.69, 9.17) is 49.0 Å². The van der Waals surface area contributed by atoms with Gasteiger partial charge in [-0.15, -0.1) is 11.8 Å². The van der Waals surface area contributed by atoms with E-state index in [9.17, 15) is 14.4 Å². The van der Waals surface area contributed by atoms with Crippen LogP contribution in [0.3, 0.4) is 0 Å². The van der Waals surface area contributed by atoms with Gasteiger partial charge < -0.3 is 19.1 Å². The van der Waals surface area contributed by atoms with Gasteiger partial charge in [-0.3, -0.25) is 4.79 Å². The van der Waals surface area contributed by atoms with Crippen LogP contribution in [0, 0.1) is 5.92 Å². The Morgan fingerprint density at radius 2 is 1.96 bits per heavy atom. The highest BCUT2D eigenvalue weighted by molar-refractivity contribution is 8.01. The zero-order valence-electron chi connectivity index (χ0n) is 14.0. The van der Waals surface area contributed by atoms with Crippen LogP contribution in [0.5, 0.6) is 0 Å². The molecule has 4 atom stereocenters. The fourth-order valence-electron chi connectivity index (χ4n) is 2.97. The number of hydrogen-bond acceptors (Lipinski definition) is 7. The van der Waals surface area contributed by atoms with Crippen molar-refractivity contribution in [2.75, 3.05) is 13.7 Å². The van der Waals surface area contributed by atoms with Crippen molar-refractivity contribution >= 4 is 64.6 Å². The number of esters is 1. The van der Waals surface area contributed by atoms with Crippen LogP contribution in [-0.2, 0) is 23.8 Å². The molecule has 2 saturated heterocycles. The summed E-state index contributed by atoms with van der Waals surface area (Å²) < 4.78 is 12.3. The second-order valence-corrected chi connectivity index (χ2v) is 10.6. The fraction of sp³-hybridized carbons (Fsp3) is 0.786. The number of alkyl halides is 3. The molecule has 11 heteroatoms. The maximum absolute atomic E-state index is 12.5. The Bertz CT molecular complexity index is 581. The zero-order valence-corrected chi connectivity index (χ0v) is 17.0.